The second-order valence-corrected chi connectivity index (χ2v) is 5.79. The third-order valence-electron chi connectivity index (χ3n) is 4.21. The van der Waals surface area contributed by atoms with E-state index in [1.807, 2.05) is 25.1 Å². The van der Waals surface area contributed by atoms with Crippen molar-refractivity contribution in [2.75, 3.05) is 19.8 Å². The fraction of sp³-hybridized carbons (Fsp3) is 0.389. The molecule has 2 aliphatic heterocycles. The number of hydrogen-bond acceptors (Lipinski definition) is 5. The van der Waals surface area contributed by atoms with E-state index >= 15 is 0 Å². The minimum absolute atomic E-state index is 0.00236. The number of para-hydroxylation sites is 1. The van der Waals surface area contributed by atoms with Crippen molar-refractivity contribution in [3.05, 3.63) is 29.3 Å². The van der Waals surface area contributed by atoms with Crippen molar-refractivity contribution in [3.63, 3.8) is 0 Å². The molecule has 2 aliphatic rings. The maximum Gasteiger partial charge on any atom is 0.253 e. The summed E-state index contributed by atoms with van der Waals surface area (Å²) in [5.74, 6) is 0.150. The molecule has 132 valence electrons. The van der Waals surface area contributed by atoms with Gasteiger partial charge in [-0.2, -0.15) is 0 Å². The highest BCUT2D eigenvalue weighted by atomic mass is 16.5. The number of rotatable bonds is 5. The molecule has 3 amide bonds. The van der Waals surface area contributed by atoms with Crippen LogP contribution in [0.2, 0.25) is 0 Å². The van der Waals surface area contributed by atoms with Gasteiger partial charge in [-0.05, 0) is 26.0 Å². The maximum absolute atomic E-state index is 12.8. The highest BCUT2D eigenvalue weighted by Gasteiger charge is 2.38. The van der Waals surface area contributed by atoms with Crippen LogP contribution >= 0.6 is 0 Å². The van der Waals surface area contributed by atoms with Gasteiger partial charge in [0, 0.05) is 12.1 Å². The summed E-state index contributed by atoms with van der Waals surface area (Å²) in [6, 6.07) is 4.72. The lowest BCUT2D eigenvalue weighted by molar-refractivity contribution is -0.136. The molecule has 25 heavy (non-hydrogen) atoms. The number of imide groups is 1. The molecule has 0 unspecified atom stereocenters. The third kappa shape index (κ3) is 3.22. The number of benzene rings is 1. The minimum Gasteiger partial charge on any atom is -0.490 e. The quantitative estimate of drug-likeness (QED) is 0.809. The fourth-order valence-electron chi connectivity index (χ4n) is 3.05. The third-order valence-corrected chi connectivity index (χ3v) is 4.21. The van der Waals surface area contributed by atoms with Gasteiger partial charge >= 0.3 is 0 Å². The number of nitrogens with zero attached hydrogens (tertiary/aromatic N) is 1. The Kier molecular flexibility index (Phi) is 4.74. The number of likely N-dealkylation sites (N-methyl/N-ethyl adjacent to an activating group) is 1. The average molecular weight is 344 g/mol. The second kappa shape index (κ2) is 6.96. The van der Waals surface area contributed by atoms with Crippen LogP contribution in [0.5, 0.6) is 11.5 Å². The van der Waals surface area contributed by atoms with Gasteiger partial charge in [0.15, 0.2) is 11.5 Å². The number of carbonyl (C=O) groups is 3. The number of carbonyl (C=O) groups excluding carboxylic acids is 3. The Labute approximate surface area is 145 Å². The summed E-state index contributed by atoms with van der Waals surface area (Å²) in [7, 11) is 0. The van der Waals surface area contributed by atoms with Crippen molar-refractivity contribution in [1.29, 1.82) is 0 Å². The number of hydrogen-bond donors (Lipinski definition) is 1. The molecule has 1 saturated heterocycles. The molecule has 7 heteroatoms. The summed E-state index contributed by atoms with van der Waals surface area (Å²) >= 11 is 0. The highest BCUT2D eigenvalue weighted by Crippen LogP contribution is 2.36. The predicted octanol–water partition coefficient (Wildman–Crippen LogP) is 1.12. The van der Waals surface area contributed by atoms with Gasteiger partial charge < -0.3 is 14.4 Å². The van der Waals surface area contributed by atoms with Gasteiger partial charge in [0.1, 0.15) is 12.6 Å². The molecule has 1 aromatic rings. The lowest BCUT2D eigenvalue weighted by Gasteiger charge is -2.28. The van der Waals surface area contributed by atoms with Crippen LogP contribution in [0.15, 0.2) is 23.8 Å². The van der Waals surface area contributed by atoms with Crippen molar-refractivity contribution in [1.82, 2.24) is 10.2 Å². The zero-order valence-corrected chi connectivity index (χ0v) is 14.2. The first-order valence-corrected chi connectivity index (χ1v) is 8.29. The van der Waals surface area contributed by atoms with Gasteiger partial charge in [0.05, 0.1) is 18.6 Å². The monoisotopic (exact) mass is 344 g/mol. The molecule has 0 bridgehead atoms. The van der Waals surface area contributed by atoms with Crippen LogP contribution in [0, 0.1) is 0 Å². The summed E-state index contributed by atoms with van der Waals surface area (Å²) < 4.78 is 11.3. The standard InChI is InChI=1S/C18H20N2O5/c1-3-20(13-9-15(21)19-17(13)22)18(23)12-8-11-6-5-7-14(24-4-2)16(11)25-10-12/h5-8,13H,3-4,9-10H2,1-2H3,(H,19,21,22)/t13-/m0/s1. The highest BCUT2D eigenvalue weighted by molar-refractivity contribution is 6.09. The first-order valence-electron chi connectivity index (χ1n) is 8.29. The van der Waals surface area contributed by atoms with E-state index in [0.29, 0.717) is 30.2 Å². The maximum atomic E-state index is 12.8. The van der Waals surface area contributed by atoms with Gasteiger partial charge in [-0.3, -0.25) is 19.7 Å². The molecule has 0 aromatic heterocycles. The van der Waals surface area contributed by atoms with E-state index in [-0.39, 0.29) is 24.8 Å². The largest absolute Gasteiger partial charge is 0.490 e. The van der Waals surface area contributed by atoms with Crippen LogP contribution in [-0.4, -0.2) is 48.4 Å². The lowest BCUT2D eigenvalue weighted by Crippen LogP contribution is -2.45. The molecule has 1 N–H and O–H groups in total. The van der Waals surface area contributed by atoms with Crippen LogP contribution < -0.4 is 14.8 Å². The summed E-state index contributed by atoms with van der Waals surface area (Å²) in [6.07, 6.45) is 1.75. The van der Waals surface area contributed by atoms with Crippen molar-refractivity contribution >= 4 is 23.8 Å². The van der Waals surface area contributed by atoms with E-state index in [4.69, 9.17) is 9.47 Å². The predicted molar refractivity (Wildman–Crippen MR) is 90.0 cm³/mol. The van der Waals surface area contributed by atoms with Crippen LogP contribution in [0.1, 0.15) is 25.8 Å². The molecule has 2 heterocycles. The Hall–Kier alpha value is -2.83. The van der Waals surface area contributed by atoms with Crippen LogP contribution in [-0.2, 0) is 14.4 Å². The van der Waals surface area contributed by atoms with Crippen LogP contribution in [0.3, 0.4) is 0 Å². The Morgan fingerprint density at radius 1 is 1.36 bits per heavy atom. The van der Waals surface area contributed by atoms with Crippen molar-refractivity contribution < 1.29 is 23.9 Å². The summed E-state index contributed by atoms with van der Waals surface area (Å²) in [5, 5.41) is 2.24. The van der Waals surface area contributed by atoms with Crippen molar-refractivity contribution in [2.24, 2.45) is 0 Å². The number of amides is 3. The smallest absolute Gasteiger partial charge is 0.253 e. The molecule has 0 spiro atoms. The Balaban J connectivity index is 1.86. The van der Waals surface area contributed by atoms with E-state index in [9.17, 15) is 14.4 Å². The second-order valence-electron chi connectivity index (χ2n) is 5.79. The van der Waals surface area contributed by atoms with E-state index in [1.54, 1.807) is 13.0 Å². The molecule has 3 rings (SSSR count). The summed E-state index contributed by atoms with van der Waals surface area (Å²) in [6.45, 7) is 4.60. The summed E-state index contributed by atoms with van der Waals surface area (Å²) in [5.41, 5.74) is 1.19. The van der Waals surface area contributed by atoms with E-state index in [2.05, 4.69) is 5.32 Å². The van der Waals surface area contributed by atoms with Crippen molar-refractivity contribution in [3.8, 4) is 11.5 Å². The fourth-order valence-corrected chi connectivity index (χ4v) is 3.05. The normalized spacial score (nSPS) is 18.8. The molecule has 0 aliphatic carbocycles. The molecule has 1 fully saturated rings. The van der Waals surface area contributed by atoms with Gasteiger partial charge in [-0.25, -0.2) is 0 Å². The van der Waals surface area contributed by atoms with Crippen molar-refractivity contribution in [2.45, 2.75) is 26.3 Å². The topological polar surface area (TPSA) is 84.9 Å². The molecule has 1 atom stereocenters. The van der Waals surface area contributed by atoms with Gasteiger partial charge in [-0.15, -0.1) is 0 Å². The van der Waals surface area contributed by atoms with Crippen LogP contribution in [0.4, 0.5) is 0 Å². The zero-order valence-electron chi connectivity index (χ0n) is 14.2. The zero-order chi connectivity index (χ0) is 18.0. The number of nitrogens with one attached hydrogen (secondary N) is 1. The Morgan fingerprint density at radius 3 is 2.80 bits per heavy atom. The van der Waals surface area contributed by atoms with Gasteiger partial charge in [0.2, 0.25) is 11.8 Å². The molecular formula is C18H20N2O5. The van der Waals surface area contributed by atoms with Crippen LogP contribution in [0.25, 0.3) is 6.08 Å². The van der Waals surface area contributed by atoms with E-state index in [1.165, 1.54) is 4.90 Å². The number of ether oxygens (including phenoxy) is 2. The van der Waals surface area contributed by atoms with E-state index < -0.39 is 11.9 Å². The molecular weight excluding hydrogens is 324 g/mol. The van der Waals surface area contributed by atoms with Gasteiger partial charge in [0.25, 0.3) is 5.91 Å². The van der Waals surface area contributed by atoms with E-state index in [0.717, 1.165) is 5.56 Å². The minimum atomic E-state index is -0.762. The molecule has 7 nitrogen and oxygen atoms in total. The molecule has 0 saturated carbocycles. The first-order chi connectivity index (χ1) is 12.0. The number of fused-ring (bicyclic) bond motifs is 1. The van der Waals surface area contributed by atoms with Gasteiger partial charge in [-0.1, -0.05) is 12.1 Å². The Morgan fingerprint density at radius 2 is 2.16 bits per heavy atom. The first kappa shape index (κ1) is 17.0. The average Bonchev–Trinajstić information content (AvgIpc) is 2.94. The molecule has 1 aromatic carbocycles. The SMILES string of the molecule is CCOc1cccc2c1OCC(C(=O)N(CC)[C@H]1CC(=O)NC1=O)=C2. The summed E-state index contributed by atoms with van der Waals surface area (Å²) in [4.78, 5) is 37.6. The lowest BCUT2D eigenvalue weighted by atomic mass is 10.0. The molecule has 0 radical (unpaired) electrons. The Bertz CT molecular complexity index is 756.